The maximum absolute atomic E-state index is 13.8. The number of amides is 1. The van der Waals surface area contributed by atoms with Gasteiger partial charge in [-0.1, -0.05) is 0 Å². The van der Waals surface area contributed by atoms with Crippen molar-refractivity contribution in [2.45, 2.75) is 24.8 Å². The summed E-state index contributed by atoms with van der Waals surface area (Å²) in [6, 6.07) is 3.25. The third-order valence-corrected chi connectivity index (χ3v) is 4.57. The van der Waals surface area contributed by atoms with Gasteiger partial charge in [-0.15, -0.1) is 0 Å². The second kappa shape index (κ2) is 7.52. The first-order valence-corrected chi connectivity index (χ1v) is 8.86. The molecule has 1 amide bonds. The average Bonchev–Trinajstić information content (AvgIpc) is 3.32. The Hall–Kier alpha value is -3.70. The molecule has 1 aliphatic rings. The van der Waals surface area contributed by atoms with Crippen LogP contribution in [0, 0.1) is 17.5 Å². The second-order valence-electron chi connectivity index (χ2n) is 6.88. The molecule has 1 saturated carbocycles. The van der Waals surface area contributed by atoms with Crippen molar-refractivity contribution in [3.05, 3.63) is 70.3 Å². The van der Waals surface area contributed by atoms with Crippen LogP contribution in [0.25, 0.3) is 11.1 Å². The summed E-state index contributed by atoms with van der Waals surface area (Å²) in [6.07, 6.45) is 1.23. The van der Waals surface area contributed by atoms with E-state index in [0.29, 0.717) is 10.7 Å². The quantitative estimate of drug-likeness (QED) is 0.620. The van der Waals surface area contributed by atoms with Crippen molar-refractivity contribution in [3.8, 4) is 11.1 Å². The first-order valence-electron chi connectivity index (χ1n) is 8.86. The van der Waals surface area contributed by atoms with E-state index in [1.807, 2.05) is 0 Å². The zero-order chi connectivity index (χ0) is 22.3. The maximum Gasteiger partial charge on any atom is 0.267 e. The molecule has 1 aromatic carbocycles. The van der Waals surface area contributed by atoms with Crippen LogP contribution in [0.4, 0.5) is 27.8 Å². The summed E-state index contributed by atoms with van der Waals surface area (Å²) in [7, 11) is 0. The van der Waals surface area contributed by atoms with Crippen molar-refractivity contribution >= 4 is 11.7 Å². The number of benzene rings is 1. The number of alkyl halides is 2. The average molecular weight is 437 g/mol. The zero-order valence-corrected chi connectivity index (χ0v) is 15.5. The summed E-state index contributed by atoms with van der Waals surface area (Å²) in [5.74, 6) is -8.67. The third kappa shape index (κ3) is 4.27. The lowest BCUT2D eigenvalue weighted by molar-refractivity contribution is -0.117. The number of hydrogen-bond donors (Lipinski definition) is 1. The van der Waals surface area contributed by atoms with Gasteiger partial charge in [0.1, 0.15) is 24.5 Å². The summed E-state index contributed by atoms with van der Waals surface area (Å²) in [5.41, 5.74) is -1.47. The lowest BCUT2D eigenvalue weighted by Gasteiger charge is -2.12. The van der Waals surface area contributed by atoms with Crippen LogP contribution >= 0.6 is 0 Å². The highest BCUT2D eigenvalue weighted by Gasteiger charge is 2.59. The number of nitrogens with one attached hydrogen (secondary N) is 1. The van der Waals surface area contributed by atoms with Gasteiger partial charge in [0, 0.05) is 24.1 Å². The van der Waals surface area contributed by atoms with E-state index in [4.69, 9.17) is 0 Å². The minimum atomic E-state index is -3.11. The van der Waals surface area contributed by atoms with Gasteiger partial charge in [0.05, 0.1) is 17.8 Å². The smallest absolute Gasteiger partial charge is 0.267 e. The molecule has 160 valence electrons. The Balaban J connectivity index is 1.70. The number of hydrogen-bond acceptors (Lipinski definition) is 5. The Morgan fingerprint density at radius 2 is 1.84 bits per heavy atom. The first-order chi connectivity index (χ1) is 14.6. The minimum absolute atomic E-state index is 0.139. The van der Waals surface area contributed by atoms with Gasteiger partial charge >= 0.3 is 0 Å². The molecule has 0 aliphatic heterocycles. The second-order valence-corrected chi connectivity index (χ2v) is 6.88. The van der Waals surface area contributed by atoms with Gasteiger partial charge in [0.15, 0.2) is 11.6 Å². The SMILES string of the molecule is O=C(Cn1nc([C@@H]2CC2(F)F)c(-c2cc(F)cc(F)c2)cc1=O)Nc1ncncc1F. The molecule has 3 aromatic rings. The Bertz CT molecular complexity index is 1230. The van der Waals surface area contributed by atoms with Crippen LogP contribution in [-0.2, 0) is 11.3 Å². The maximum atomic E-state index is 13.8. The molecule has 0 radical (unpaired) electrons. The fourth-order valence-electron chi connectivity index (χ4n) is 3.04. The van der Waals surface area contributed by atoms with E-state index < -0.39 is 59.5 Å². The van der Waals surface area contributed by atoms with Crippen molar-refractivity contribution < 1.29 is 26.7 Å². The van der Waals surface area contributed by atoms with E-state index in [9.17, 15) is 31.5 Å². The molecule has 4 rings (SSSR count). The number of anilines is 1. The zero-order valence-electron chi connectivity index (χ0n) is 15.5. The molecule has 7 nitrogen and oxygen atoms in total. The summed E-state index contributed by atoms with van der Waals surface area (Å²) in [4.78, 5) is 31.6. The fraction of sp³-hybridized carbons (Fsp3) is 0.211. The minimum Gasteiger partial charge on any atom is -0.307 e. The van der Waals surface area contributed by atoms with Gasteiger partial charge in [-0.25, -0.2) is 36.6 Å². The predicted molar refractivity (Wildman–Crippen MR) is 96.8 cm³/mol. The molecule has 0 saturated heterocycles. The van der Waals surface area contributed by atoms with E-state index in [0.717, 1.165) is 30.7 Å². The molecule has 1 N–H and O–H groups in total. The van der Waals surface area contributed by atoms with Gasteiger partial charge in [-0.2, -0.15) is 5.10 Å². The fourth-order valence-corrected chi connectivity index (χ4v) is 3.04. The standard InChI is InChI=1S/C19H12F5N5O2/c20-10-1-9(2-11(21)3-10)12-4-16(31)29(28-17(12)13-5-19(13,23)24)7-15(30)27-18-14(22)6-25-8-26-18/h1-4,6,8,13H,5,7H2,(H,25,26,27,30)/t13-/m0/s1. The van der Waals surface area contributed by atoms with E-state index in [1.54, 1.807) is 0 Å². The molecule has 2 aromatic heterocycles. The topological polar surface area (TPSA) is 89.8 Å². The highest BCUT2D eigenvalue weighted by atomic mass is 19.3. The number of nitrogens with zero attached hydrogens (tertiary/aromatic N) is 4. The van der Waals surface area contributed by atoms with Crippen molar-refractivity contribution in [3.63, 3.8) is 0 Å². The molecule has 0 bridgehead atoms. The molecule has 1 fully saturated rings. The van der Waals surface area contributed by atoms with Gasteiger partial charge < -0.3 is 5.32 Å². The van der Waals surface area contributed by atoms with Crippen molar-refractivity contribution in [1.82, 2.24) is 19.7 Å². The van der Waals surface area contributed by atoms with Crippen LogP contribution in [0.2, 0.25) is 0 Å². The van der Waals surface area contributed by atoms with Gasteiger partial charge in [-0.05, 0) is 17.7 Å². The first kappa shape index (κ1) is 20.6. The van der Waals surface area contributed by atoms with Crippen LogP contribution < -0.4 is 10.9 Å². The van der Waals surface area contributed by atoms with Crippen LogP contribution in [0.3, 0.4) is 0 Å². The van der Waals surface area contributed by atoms with Gasteiger partial charge in [-0.3, -0.25) is 9.59 Å². The van der Waals surface area contributed by atoms with Crippen LogP contribution in [-0.4, -0.2) is 31.6 Å². The molecule has 1 atom stereocenters. The Kier molecular flexibility index (Phi) is 4.99. The largest absolute Gasteiger partial charge is 0.307 e. The highest BCUT2D eigenvalue weighted by Crippen LogP contribution is 2.56. The van der Waals surface area contributed by atoms with E-state index in [1.165, 1.54) is 0 Å². The van der Waals surface area contributed by atoms with Gasteiger partial charge in [0.25, 0.3) is 11.5 Å². The normalized spacial score (nSPS) is 16.7. The van der Waals surface area contributed by atoms with Crippen molar-refractivity contribution in [1.29, 1.82) is 0 Å². The predicted octanol–water partition coefficient (Wildman–Crippen LogP) is 2.88. The number of aromatic nitrogens is 4. The number of carbonyl (C=O) groups excluding carboxylic acids is 1. The summed E-state index contributed by atoms with van der Waals surface area (Å²) in [5, 5.41) is 5.98. The molecule has 12 heteroatoms. The molecule has 1 aliphatic carbocycles. The van der Waals surface area contributed by atoms with Crippen LogP contribution in [0.1, 0.15) is 18.0 Å². The Morgan fingerprint density at radius 3 is 2.45 bits per heavy atom. The van der Waals surface area contributed by atoms with Crippen molar-refractivity contribution in [2.24, 2.45) is 0 Å². The van der Waals surface area contributed by atoms with Crippen LogP contribution in [0.15, 0.2) is 41.6 Å². The highest BCUT2D eigenvalue weighted by molar-refractivity contribution is 5.89. The third-order valence-electron chi connectivity index (χ3n) is 4.57. The lowest BCUT2D eigenvalue weighted by Crippen LogP contribution is -2.31. The number of rotatable bonds is 5. The van der Waals surface area contributed by atoms with E-state index >= 15 is 0 Å². The monoisotopic (exact) mass is 437 g/mol. The number of carbonyl (C=O) groups is 1. The van der Waals surface area contributed by atoms with E-state index in [2.05, 4.69) is 20.4 Å². The summed E-state index contributed by atoms with van der Waals surface area (Å²) in [6.45, 7) is -0.731. The molecule has 0 unspecified atom stereocenters. The molecule has 31 heavy (non-hydrogen) atoms. The van der Waals surface area contributed by atoms with Gasteiger partial charge in [0.2, 0.25) is 5.91 Å². The molecule has 2 heterocycles. The van der Waals surface area contributed by atoms with E-state index in [-0.39, 0.29) is 16.8 Å². The van der Waals surface area contributed by atoms with Crippen molar-refractivity contribution in [2.75, 3.05) is 5.32 Å². The summed E-state index contributed by atoms with van der Waals surface area (Å²) >= 11 is 0. The van der Waals surface area contributed by atoms with Crippen LogP contribution in [0.5, 0.6) is 0 Å². The Morgan fingerprint density at radius 1 is 1.16 bits per heavy atom. The number of halogens is 5. The summed E-state index contributed by atoms with van der Waals surface area (Å²) < 4.78 is 68.9. The Labute approximate surface area is 170 Å². The molecular weight excluding hydrogens is 425 g/mol. The molecule has 0 spiro atoms. The molecular formula is C19H12F5N5O2. The lowest BCUT2D eigenvalue weighted by atomic mass is 10.0.